The zero-order valence-corrected chi connectivity index (χ0v) is 14.6. The lowest BCUT2D eigenvalue weighted by Crippen LogP contribution is -2.07. The van der Waals surface area contributed by atoms with Gasteiger partial charge < -0.3 is 4.98 Å². The molecule has 1 aliphatic rings. The second-order valence-electron chi connectivity index (χ2n) is 4.01. The Kier molecular flexibility index (Phi) is 3.67. The number of thiazole rings is 1. The molecule has 0 saturated heterocycles. The van der Waals surface area contributed by atoms with Crippen molar-refractivity contribution in [2.24, 2.45) is 4.99 Å². The van der Waals surface area contributed by atoms with Crippen molar-refractivity contribution < 1.29 is 8.78 Å². The van der Waals surface area contributed by atoms with Gasteiger partial charge in [-0.15, -0.1) is 12.6 Å². The van der Waals surface area contributed by atoms with Gasteiger partial charge in [-0.3, -0.25) is 10.2 Å². The van der Waals surface area contributed by atoms with Gasteiger partial charge in [0, 0.05) is 0 Å². The van der Waals surface area contributed by atoms with Crippen LogP contribution in [0.4, 0.5) is 8.78 Å². The van der Waals surface area contributed by atoms with E-state index in [0.29, 0.717) is 0 Å². The summed E-state index contributed by atoms with van der Waals surface area (Å²) in [6.45, 7) is 0. The summed E-state index contributed by atoms with van der Waals surface area (Å²) in [7, 11) is 0. The lowest BCUT2D eigenvalue weighted by atomic mass is 10.0. The monoisotopic (exact) mass is 453 g/mol. The highest BCUT2D eigenvalue weighted by molar-refractivity contribution is 9.13. The van der Waals surface area contributed by atoms with Crippen LogP contribution in [0, 0.1) is 17.0 Å². The van der Waals surface area contributed by atoms with E-state index in [9.17, 15) is 13.6 Å². The highest BCUT2D eigenvalue weighted by Crippen LogP contribution is 2.39. The molecule has 2 N–H and O–H groups in total. The number of hydrogen-bond donors (Lipinski definition) is 3. The van der Waals surface area contributed by atoms with Crippen molar-refractivity contribution in [2.45, 2.75) is 5.03 Å². The quantitative estimate of drug-likeness (QED) is 0.343. The van der Waals surface area contributed by atoms with Crippen LogP contribution in [-0.2, 0) is 0 Å². The molecule has 0 radical (unpaired) electrons. The van der Waals surface area contributed by atoms with E-state index in [1.165, 1.54) is 0 Å². The highest BCUT2D eigenvalue weighted by atomic mass is 79.9. The van der Waals surface area contributed by atoms with E-state index in [-0.39, 0.29) is 35.7 Å². The Balaban J connectivity index is 2.38. The molecule has 1 aliphatic heterocycles. The van der Waals surface area contributed by atoms with Crippen LogP contribution in [0.25, 0.3) is 0 Å². The maximum atomic E-state index is 14.5. The third kappa shape index (κ3) is 2.16. The molecule has 1 aromatic carbocycles. The van der Waals surface area contributed by atoms with Gasteiger partial charge in [-0.2, -0.15) is 0 Å². The number of nitrogens with zero attached hydrogens (tertiary/aromatic N) is 1. The Labute approximate surface area is 142 Å². The van der Waals surface area contributed by atoms with Gasteiger partial charge in [0.05, 0.1) is 35.7 Å². The largest absolute Gasteiger partial charge is 0.307 e. The number of halogens is 4. The maximum Gasteiger partial charge on any atom is 0.305 e. The van der Waals surface area contributed by atoms with Crippen molar-refractivity contribution in [1.82, 2.24) is 4.98 Å². The summed E-state index contributed by atoms with van der Waals surface area (Å²) >= 11 is 10.7. The number of aromatic nitrogens is 1. The highest BCUT2D eigenvalue weighted by Gasteiger charge is 2.34. The van der Waals surface area contributed by atoms with Crippen LogP contribution in [0.2, 0.25) is 0 Å². The van der Waals surface area contributed by atoms with E-state index in [4.69, 9.17) is 5.41 Å². The molecule has 21 heavy (non-hydrogen) atoms. The molecule has 0 bridgehead atoms. The molecule has 0 atom stereocenters. The fourth-order valence-electron chi connectivity index (χ4n) is 1.94. The average molecular weight is 455 g/mol. The fourth-order valence-corrected chi connectivity index (χ4v) is 3.84. The topological polar surface area (TPSA) is 69.1 Å². The molecule has 3 rings (SSSR count). The van der Waals surface area contributed by atoms with Crippen LogP contribution >= 0.6 is 55.8 Å². The predicted molar refractivity (Wildman–Crippen MR) is 86.4 cm³/mol. The summed E-state index contributed by atoms with van der Waals surface area (Å²) in [5.74, 6) is -1.95. The zero-order valence-electron chi connectivity index (χ0n) is 9.72. The molecule has 0 fully saturated rings. The number of aliphatic imine (C=N–C) groups is 1. The number of fused-ring (bicyclic) bond motifs is 1. The van der Waals surface area contributed by atoms with Crippen LogP contribution in [0.5, 0.6) is 0 Å². The predicted octanol–water partition coefficient (Wildman–Crippen LogP) is 3.70. The van der Waals surface area contributed by atoms with Crippen molar-refractivity contribution in [3.63, 3.8) is 0 Å². The third-order valence-electron chi connectivity index (χ3n) is 2.81. The number of thiol groups is 1. The van der Waals surface area contributed by atoms with Gasteiger partial charge in [0.2, 0.25) is 0 Å². The first-order chi connectivity index (χ1) is 9.82. The van der Waals surface area contributed by atoms with Gasteiger partial charge in [0.1, 0.15) is 11.6 Å². The Morgan fingerprint density at radius 1 is 1.19 bits per heavy atom. The van der Waals surface area contributed by atoms with Gasteiger partial charge >= 0.3 is 4.87 Å². The number of H-pyrrole nitrogens is 1. The smallest absolute Gasteiger partial charge is 0.305 e. The fraction of sp³-hybridized carbons (Fsp3) is 0. The minimum Gasteiger partial charge on any atom is -0.307 e. The molecular formula is C11H3Br2F2N3OS2. The van der Waals surface area contributed by atoms with Crippen LogP contribution in [-0.4, -0.2) is 16.5 Å². The molecule has 4 nitrogen and oxygen atoms in total. The Bertz CT molecular complexity index is 904. The number of benzene rings is 1. The summed E-state index contributed by atoms with van der Waals surface area (Å²) in [6.07, 6.45) is 0. The van der Waals surface area contributed by atoms with E-state index < -0.39 is 22.3 Å². The summed E-state index contributed by atoms with van der Waals surface area (Å²) < 4.78 is 28.5. The molecule has 0 amide bonds. The summed E-state index contributed by atoms with van der Waals surface area (Å²) in [5.41, 5.74) is -0.378. The molecule has 2 aromatic rings. The van der Waals surface area contributed by atoms with Gasteiger partial charge in [0.15, 0.2) is 5.84 Å². The second kappa shape index (κ2) is 5.11. The summed E-state index contributed by atoms with van der Waals surface area (Å²) in [4.78, 5) is 17.5. The van der Waals surface area contributed by atoms with E-state index in [0.717, 1.165) is 11.3 Å². The molecule has 0 unspecified atom stereocenters. The van der Waals surface area contributed by atoms with Gasteiger partial charge in [0.25, 0.3) is 0 Å². The van der Waals surface area contributed by atoms with Crippen molar-refractivity contribution in [3.05, 3.63) is 46.3 Å². The third-order valence-corrected chi connectivity index (χ3v) is 6.21. The Hall–Kier alpha value is -0.840. The molecule has 2 heterocycles. The molecule has 0 saturated carbocycles. The second-order valence-corrected chi connectivity index (χ2v) is 7.02. The Morgan fingerprint density at radius 2 is 1.76 bits per heavy atom. The number of amidine groups is 1. The number of nitrogens with one attached hydrogen (secondary N) is 2. The van der Waals surface area contributed by atoms with Crippen molar-refractivity contribution >= 4 is 67.4 Å². The zero-order chi connectivity index (χ0) is 15.5. The molecule has 108 valence electrons. The lowest BCUT2D eigenvalue weighted by molar-refractivity contribution is 0.585. The minimum atomic E-state index is -0.786. The van der Waals surface area contributed by atoms with Gasteiger partial charge in [-0.1, -0.05) is 11.3 Å². The molecular weight excluding hydrogens is 452 g/mol. The average Bonchev–Trinajstić information content (AvgIpc) is 2.93. The summed E-state index contributed by atoms with van der Waals surface area (Å²) in [5, 5.41) is 7.95. The van der Waals surface area contributed by atoms with E-state index in [1.54, 1.807) is 0 Å². The van der Waals surface area contributed by atoms with E-state index >= 15 is 0 Å². The van der Waals surface area contributed by atoms with E-state index in [1.807, 2.05) is 0 Å². The minimum absolute atomic E-state index is 0.0213. The standard InChI is InChI=1S/C11H3Br2F2N3OS2/c12-3-4(13)6(15)2-1(5(3)14)7(17-9(2)16)8-10(20)18-11(19)21-8/h16,20H,(H,18,19). The van der Waals surface area contributed by atoms with Crippen molar-refractivity contribution in [2.75, 3.05) is 0 Å². The Morgan fingerprint density at radius 3 is 2.29 bits per heavy atom. The summed E-state index contributed by atoms with van der Waals surface area (Å²) in [6, 6.07) is 0. The first-order valence-corrected chi connectivity index (χ1v) is 8.14. The first kappa shape index (κ1) is 15.1. The molecule has 0 spiro atoms. The normalized spacial score (nSPS) is 13.6. The molecule has 1 aromatic heterocycles. The molecule has 10 heteroatoms. The lowest BCUT2D eigenvalue weighted by Gasteiger charge is -2.09. The number of rotatable bonds is 1. The number of hydrogen-bond acceptors (Lipinski definition) is 4. The van der Waals surface area contributed by atoms with Crippen molar-refractivity contribution in [1.29, 1.82) is 5.41 Å². The van der Waals surface area contributed by atoms with Crippen LogP contribution in [0.1, 0.15) is 16.0 Å². The molecule has 0 aliphatic carbocycles. The van der Waals surface area contributed by atoms with Crippen molar-refractivity contribution in [3.8, 4) is 0 Å². The van der Waals surface area contributed by atoms with Gasteiger partial charge in [-0.25, -0.2) is 13.8 Å². The maximum absolute atomic E-state index is 14.5. The SMILES string of the molecule is N=C1N=C(c2sc(=O)[nH]c2S)c2c(F)c(Br)c(Br)c(F)c21. The van der Waals surface area contributed by atoms with Crippen LogP contribution in [0.3, 0.4) is 0 Å². The van der Waals surface area contributed by atoms with Crippen LogP contribution in [0.15, 0.2) is 23.8 Å². The first-order valence-electron chi connectivity index (χ1n) is 5.29. The van der Waals surface area contributed by atoms with Crippen LogP contribution < -0.4 is 4.87 Å². The van der Waals surface area contributed by atoms with E-state index in [2.05, 4.69) is 54.5 Å². The van der Waals surface area contributed by atoms with Gasteiger partial charge in [-0.05, 0) is 31.9 Å². The number of aromatic amines is 1.